The summed E-state index contributed by atoms with van der Waals surface area (Å²) in [7, 11) is 0. The average molecular weight is 321 g/mol. The van der Waals surface area contributed by atoms with E-state index in [0.29, 0.717) is 19.4 Å². The molecular weight excluding hydrogens is 287 g/mol. The van der Waals surface area contributed by atoms with Gasteiger partial charge in [0.15, 0.2) is 0 Å². The van der Waals surface area contributed by atoms with Gasteiger partial charge >= 0.3 is 6.18 Å². The predicted molar refractivity (Wildman–Crippen MR) is 87.1 cm³/mol. The first-order valence-corrected chi connectivity index (χ1v) is 9.33. The monoisotopic (exact) mass is 321 g/mol. The molecule has 1 fully saturated rings. The van der Waals surface area contributed by atoms with Crippen molar-refractivity contribution < 1.29 is 13.2 Å². The van der Waals surface area contributed by atoms with Gasteiger partial charge in [0, 0.05) is 6.04 Å². The Kier molecular flexibility index (Phi) is 9.46. The molecule has 1 aliphatic rings. The van der Waals surface area contributed by atoms with Crippen molar-refractivity contribution >= 4 is 0 Å². The summed E-state index contributed by atoms with van der Waals surface area (Å²) in [4.78, 5) is 1.79. The Hall–Kier alpha value is -0.250. The molecule has 4 heteroatoms. The van der Waals surface area contributed by atoms with Crippen molar-refractivity contribution in [3.8, 4) is 0 Å². The Morgan fingerprint density at radius 3 is 2.05 bits per heavy atom. The highest BCUT2D eigenvalue weighted by molar-refractivity contribution is 4.89. The van der Waals surface area contributed by atoms with Gasteiger partial charge in [-0.1, -0.05) is 65.2 Å². The van der Waals surface area contributed by atoms with Gasteiger partial charge in [-0.25, -0.2) is 0 Å². The molecule has 0 aromatic rings. The topological polar surface area (TPSA) is 3.24 Å². The Morgan fingerprint density at radius 1 is 0.909 bits per heavy atom. The summed E-state index contributed by atoms with van der Waals surface area (Å²) in [5, 5.41) is 0. The van der Waals surface area contributed by atoms with Crippen molar-refractivity contribution in [1.82, 2.24) is 4.90 Å². The first-order chi connectivity index (χ1) is 10.5. The van der Waals surface area contributed by atoms with E-state index in [0.717, 1.165) is 38.5 Å². The van der Waals surface area contributed by atoms with Crippen LogP contribution in [-0.2, 0) is 0 Å². The van der Waals surface area contributed by atoms with Crippen LogP contribution in [0.4, 0.5) is 13.2 Å². The van der Waals surface area contributed by atoms with Gasteiger partial charge in [-0.05, 0) is 32.2 Å². The molecule has 1 unspecified atom stereocenters. The third-order valence-corrected chi connectivity index (χ3v) is 4.92. The zero-order chi connectivity index (χ0) is 16.4. The van der Waals surface area contributed by atoms with Gasteiger partial charge in [0.2, 0.25) is 0 Å². The second-order valence-electron chi connectivity index (χ2n) is 6.79. The van der Waals surface area contributed by atoms with Gasteiger partial charge in [0.05, 0.1) is 0 Å². The lowest BCUT2D eigenvalue weighted by molar-refractivity contribution is -0.181. The van der Waals surface area contributed by atoms with E-state index in [-0.39, 0.29) is 6.04 Å². The molecule has 0 bridgehead atoms. The summed E-state index contributed by atoms with van der Waals surface area (Å²) in [5.41, 5.74) is 0. The summed E-state index contributed by atoms with van der Waals surface area (Å²) in [6.07, 6.45) is 8.09. The lowest BCUT2D eigenvalue weighted by Gasteiger charge is -2.34. The van der Waals surface area contributed by atoms with Gasteiger partial charge in [-0.3, -0.25) is 4.90 Å². The van der Waals surface area contributed by atoms with Crippen LogP contribution >= 0.6 is 0 Å². The zero-order valence-electron chi connectivity index (χ0n) is 14.4. The van der Waals surface area contributed by atoms with Crippen LogP contribution in [0.2, 0.25) is 0 Å². The van der Waals surface area contributed by atoms with Crippen LogP contribution in [0.15, 0.2) is 0 Å². The number of likely N-dealkylation sites (tertiary alicyclic amines) is 1. The predicted octanol–water partition coefficient (Wildman–Crippen LogP) is 6.32. The summed E-state index contributed by atoms with van der Waals surface area (Å²) in [6.45, 7) is 4.97. The molecule has 1 rings (SSSR count). The van der Waals surface area contributed by atoms with Crippen LogP contribution in [-0.4, -0.2) is 29.7 Å². The van der Waals surface area contributed by atoms with Crippen molar-refractivity contribution in [3.05, 3.63) is 0 Å². The summed E-state index contributed by atoms with van der Waals surface area (Å²) in [6, 6.07) is -1.04. The molecule has 22 heavy (non-hydrogen) atoms. The summed E-state index contributed by atoms with van der Waals surface area (Å²) in [5.74, 6) is 0. The van der Waals surface area contributed by atoms with Crippen LogP contribution in [0.25, 0.3) is 0 Å². The number of rotatable bonds is 11. The van der Waals surface area contributed by atoms with Gasteiger partial charge in [-0.2, -0.15) is 13.2 Å². The fourth-order valence-corrected chi connectivity index (χ4v) is 3.67. The Bertz CT molecular complexity index is 278. The molecule has 0 spiro atoms. The van der Waals surface area contributed by atoms with E-state index >= 15 is 0 Å². The van der Waals surface area contributed by atoms with E-state index in [9.17, 15) is 13.2 Å². The smallest absolute Gasteiger partial charge is 0.289 e. The zero-order valence-corrected chi connectivity index (χ0v) is 14.4. The molecule has 0 aromatic heterocycles. The molecule has 1 nitrogen and oxygen atoms in total. The summed E-state index contributed by atoms with van der Waals surface area (Å²) >= 11 is 0. The number of unbranched alkanes of at least 4 members (excludes halogenated alkanes) is 6. The van der Waals surface area contributed by atoms with Crippen molar-refractivity contribution in [2.75, 3.05) is 6.54 Å². The standard InChI is InChI=1S/C18H34F3N/c1-3-5-7-8-10-13-16(12-9-6-4-2)22-15-11-14-17(22)18(19,20)21/h16-17H,3-15H2,1-2H3/t16?,17-/m0/s1. The SMILES string of the molecule is CCCCCCCC(CCCCC)N1CCC[C@H]1C(F)(F)F. The molecule has 0 radical (unpaired) electrons. The molecule has 1 saturated heterocycles. The fraction of sp³-hybridized carbons (Fsp3) is 1.00. The Labute approximate surface area is 134 Å². The van der Waals surface area contributed by atoms with Crippen LogP contribution in [0.1, 0.15) is 90.9 Å². The highest BCUT2D eigenvalue weighted by atomic mass is 19.4. The number of halogens is 3. The maximum absolute atomic E-state index is 13.2. The van der Waals surface area contributed by atoms with Crippen LogP contribution in [0, 0.1) is 0 Å². The molecule has 0 N–H and O–H groups in total. The number of nitrogens with zero attached hydrogens (tertiary/aromatic N) is 1. The second kappa shape index (κ2) is 10.5. The van der Waals surface area contributed by atoms with Gasteiger partial charge in [-0.15, -0.1) is 0 Å². The third-order valence-electron chi connectivity index (χ3n) is 4.92. The minimum Gasteiger partial charge on any atom is -0.289 e. The molecule has 132 valence electrons. The fourth-order valence-electron chi connectivity index (χ4n) is 3.67. The van der Waals surface area contributed by atoms with Gasteiger partial charge in [0.1, 0.15) is 6.04 Å². The van der Waals surface area contributed by atoms with Crippen LogP contribution in [0.5, 0.6) is 0 Å². The highest BCUT2D eigenvalue weighted by Gasteiger charge is 2.47. The van der Waals surface area contributed by atoms with Crippen LogP contribution < -0.4 is 0 Å². The quantitative estimate of drug-likeness (QED) is 0.402. The molecule has 1 aliphatic heterocycles. The van der Waals surface area contributed by atoms with Crippen LogP contribution in [0.3, 0.4) is 0 Å². The molecule has 0 amide bonds. The normalized spacial score (nSPS) is 21.4. The van der Waals surface area contributed by atoms with Crippen molar-refractivity contribution in [3.63, 3.8) is 0 Å². The van der Waals surface area contributed by atoms with E-state index < -0.39 is 12.2 Å². The highest BCUT2D eigenvalue weighted by Crippen LogP contribution is 2.36. The molecular formula is C18H34F3N. The summed E-state index contributed by atoms with van der Waals surface area (Å²) < 4.78 is 39.6. The molecule has 0 aromatic carbocycles. The maximum Gasteiger partial charge on any atom is 0.404 e. The lowest BCUT2D eigenvalue weighted by atomic mass is 9.99. The Balaban J connectivity index is 2.51. The minimum absolute atomic E-state index is 0.141. The van der Waals surface area contributed by atoms with Crippen molar-refractivity contribution in [2.45, 2.75) is 109 Å². The van der Waals surface area contributed by atoms with Crippen molar-refractivity contribution in [1.29, 1.82) is 0 Å². The Morgan fingerprint density at radius 2 is 1.45 bits per heavy atom. The lowest BCUT2D eigenvalue weighted by Crippen LogP contribution is -2.46. The maximum atomic E-state index is 13.2. The van der Waals surface area contributed by atoms with E-state index in [4.69, 9.17) is 0 Å². The molecule has 2 atom stereocenters. The molecule has 0 saturated carbocycles. The first kappa shape index (κ1) is 19.8. The van der Waals surface area contributed by atoms with Crippen molar-refractivity contribution in [2.24, 2.45) is 0 Å². The minimum atomic E-state index is -4.05. The number of alkyl halides is 3. The van der Waals surface area contributed by atoms with Gasteiger partial charge in [0.25, 0.3) is 0 Å². The first-order valence-electron chi connectivity index (χ1n) is 9.33. The largest absolute Gasteiger partial charge is 0.404 e. The average Bonchev–Trinajstić information content (AvgIpc) is 2.94. The molecule has 1 heterocycles. The second-order valence-corrected chi connectivity index (χ2v) is 6.79. The third kappa shape index (κ3) is 6.89. The van der Waals surface area contributed by atoms with E-state index in [2.05, 4.69) is 13.8 Å². The number of hydrogen-bond acceptors (Lipinski definition) is 1. The van der Waals surface area contributed by atoms with E-state index in [1.54, 1.807) is 4.90 Å². The van der Waals surface area contributed by atoms with E-state index in [1.807, 2.05) is 0 Å². The van der Waals surface area contributed by atoms with E-state index in [1.165, 1.54) is 25.7 Å². The molecule has 0 aliphatic carbocycles. The van der Waals surface area contributed by atoms with Gasteiger partial charge < -0.3 is 0 Å². The number of hydrogen-bond donors (Lipinski definition) is 0.